The van der Waals surface area contributed by atoms with Crippen molar-refractivity contribution in [1.29, 1.82) is 0 Å². The molecule has 51 heavy (non-hydrogen) atoms. The molecule has 1 aliphatic rings. The number of fused-ring (bicyclic) bond motifs is 9. The summed E-state index contributed by atoms with van der Waals surface area (Å²) < 4.78 is 11.5. The first kappa shape index (κ1) is 28.3. The molecule has 0 aliphatic carbocycles. The number of nitrogens with zero attached hydrogens (tertiary/aromatic N) is 3. The van der Waals surface area contributed by atoms with E-state index in [1.54, 1.807) is 0 Å². The number of furan rings is 1. The quantitative estimate of drug-likeness (QED) is 0.202. The van der Waals surface area contributed by atoms with Crippen molar-refractivity contribution >= 4 is 86.9 Å². The molecule has 4 heterocycles. The highest BCUT2D eigenvalue weighted by molar-refractivity contribution is 7.25. The van der Waals surface area contributed by atoms with Gasteiger partial charge in [0.2, 0.25) is 0 Å². The zero-order valence-corrected chi connectivity index (χ0v) is 28.1. The fourth-order valence-electron chi connectivity index (χ4n) is 7.75. The van der Waals surface area contributed by atoms with E-state index in [1.165, 1.54) is 42.0 Å². The molecule has 11 rings (SSSR count). The van der Waals surface area contributed by atoms with Crippen LogP contribution in [0.25, 0.3) is 69.6 Å². The molecule has 0 fully saturated rings. The van der Waals surface area contributed by atoms with Crippen LogP contribution in [0.5, 0.6) is 0 Å². The zero-order valence-electron chi connectivity index (χ0n) is 27.2. The molecule has 1 unspecified atom stereocenters. The summed E-state index contributed by atoms with van der Waals surface area (Å²) in [5.41, 5.74) is 8.36. The van der Waals surface area contributed by atoms with Crippen molar-refractivity contribution < 1.29 is 4.42 Å². The number of aromatic nitrogens is 1. The van der Waals surface area contributed by atoms with Crippen molar-refractivity contribution in [3.05, 3.63) is 174 Å². The Morgan fingerprint density at radius 3 is 2.00 bits per heavy atom. The Bertz CT molecular complexity index is 3010. The van der Waals surface area contributed by atoms with Crippen LogP contribution in [0.15, 0.2) is 172 Å². The Balaban J connectivity index is 1.07. The van der Waals surface area contributed by atoms with Crippen LogP contribution < -0.4 is 5.32 Å². The first-order valence-electron chi connectivity index (χ1n) is 17.1. The van der Waals surface area contributed by atoms with Gasteiger partial charge in [0.25, 0.3) is 0 Å². The maximum Gasteiger partial charge on any atom is 0.159 e. The van der Waals surface area contributed by atoms with Gasteiger partial charge < -0.3 is 14.3 Å². The van der Waals surface area contributed by atoms with Crippen molar-refractivity contribution in [1.82, 2.24) is 9.88 Å². The first-order chi connectivity index (χ1) is 25.3. The van der Waals surface area contributed by atoms with Crippen LogP contribution >= 0.6 is 11.3 Å². The van der Waals surface area contributed by atoms with Gasteiger partial charge in [0.1, 0.15) is 23.2 Å². The number of hydrogen-bond donors (Lipinski definition) is 1. The van der Waals surface area contributed by atoms with E-state index in [9.17, 15) is 0 Å². The van der Waals surface area contributed by atoms with Gasteiger partial charge in [-0.1, -0.05) is 115 Å². The van der Waals surface area contributed by atoms with Gasteiger partial charge in [-0.2, -0.15) is 0 Å². The van der Waals surface area contributed by atoms with Crippen molar-refractivity contribution in [3.63, 3.8) is 0 Å². The second-order valence-electron chi connectivity index (χ2n) is 13.0. The number of amidine groups is 2. The van der Waals surface area contributed by atoms with Gasteiger partial charge in [0.05, 0.1) is 11.0 Å². The molecule has 10 aromatic rings. The van der Waals surface area contributed by atoms with Gasteiger partial charge >= 0.3 is 0 Å². The second kappa shape index (κ2) is 11.0. The molecule has 0 saturated carbocycles. The maximum absolute atomic E-state index is 6.61. The summed E-state index contributed by atoms with van der Waals surface area (Å²) in [4.78, 5) is 10.2. The first-order valence-corrected chi connectivity index (χ1v) is 17.9. The van der Waals surface area contributed by atoms with Crippen molar-refractivity contribution in [2.45, 2.75) is 6.17 Å². The average Bonchev–Trinajstić information content (AvgIpc) is 3.86. The molecule has 7 aromatic carbocycles. The zero-order chi connectivity index (χ0) is 33.5. The fraction of sp³-hybridized carbons (Fsp3) is 0.0222. The van der Waals surface area contributed by atoms with Gasteiger partial charge in [-0.25, -0.2) is 9.98 Å². The summed E-state index contributed by atoms with van der Waals surface area (Å²) in [6.45, 7) is 0. The number of nitrogens with one attached hydrogen (secondary N) is 1. The normalized spacial score (nSPS) is 14.9. The van der Waals surface area contributed by atoms with Gasteiger partial charge in [-0.05, 0) is 42.5 Å². The lowest BCUT2D eigenvalue weighted by Crippen LogP contribution is -2.33. The van der Waals surface area contributed by atoms with Gasteiger partial charge in [0, 0.05) is 64.1 Å². The molecule has 0 spiro atoms. The van der Waals surface area contributed by atoms with Crippen molar-refractivity contribution in [3.8, 4) is 5.69 Å². The third-order valence-electron chi connectivity index (χ3n) is 10.1. The van der Waals surface area contributed by atoms with E-state index in [2.05, 4.69) is 131 Å². The molecule has 1 N–H and O–H groups in total. The van der Waals surface area contributed by atoms with E-state index in [0.717, 1.165) is 50.2 Å². The minimum absolute atomic E-state index is 0.357. The number of aliphatic imine (C=N–C) groups is 2. The fourth-order valence-corrected chi connectivity index (χ4v) is 8.91. The van der Waals surface area contributed by atoms with E-state index < -0.39 is 0 Å². The molecule has 1 aliphatic heterocycles. The molecule has 3 aromatic heterocycles. The average molecular weight is 673 g/mol. The molecule has 6 heteroatoms. The summed E-state index contributed by atoms with van der Waals surface area (Å²) in [6.07, 6.45) is -0.357. The predicted molar refractivity (Wildman–Crippen MR) is 213 cm³/mol. The Morgan fingerprint density at radius 2 is 1.24 bits per heavy atom. The van der Waals surface area contributed by atoms with E-state index in [1.807, 2.05) is 47.7 Å². The molecule has 0 amide bonds. The van der Waals surface area contributed by atoms with E-state index >= 15 is 0 Å². The van der Waals surface area contributed by atoms with E-state index in [0.29, 0.717) is 5.84 Å². The number of hydrogen-bond acceptors (Lipinski definition) is 5. The third kappa shape index (κ3) is 4.40. The number of benzene rings is 7. The van der Waals surface area contributed by atoms with Gasteiger partial charge in [-0.15, -0.1) is 11.3 Å². The van der Waals surface area contributed by atoms with Crippen LogP contribution in [0.3, 0.4) is 0 Å². The highest BCUT2D eigenvalue weighted by Gasteiger charge is 2.25. The third-order valence-corrected chi connectivity index (χ3v) is 11.2. The molecule has 0 saturated heterocycles. The number of thiophene rings is 1. The second-order valence-corrected chi connectivity index (χ2v) is 14.1. The van der Waals surface area contributed by atoms with Crippen LogP contribution in [0.2, 0.25) is 0 Å². The van der Waals surface area contributed by atoms with Crippen LogP contribution in [-0.4, -0.2) is 16.2 Å². The lowest BCUT2D eigenvalue weighted by Gasteiger charge is -2.24. The van der Waals surface area contributed by atoms with E-state index in [-0.39, 0.29) is 6.17 Å². The largest absolute Gasteiger partial charge is 0.456 e. The summed E-state index contributed by atoms with van der Waals surface area (Å²) >= 11 is 1.83. The number of rotatable bonds is 4. The Hall–Kier alpha value is -6.50. The highest BCUT2D eigenvalue weighted by Crippen LogP contribution is 2.43. The monoisotopic (exact) mass is 672 g/mol. The van der Waals surface area contributed by atoms with Crippen LogP contribution in [0.4, 0.5) is 0 Å². The smallest absolute Gasteiger partial charge is 0.159 e. The van der Waals surface area contributed by atoms with Crippen LogP contribution in [0.1, 0.15) is 22.9 Å². The van der Waals surface area contributed by atoms with Crippen molar-refractivity contribution in [2.75, 3.05) is 0 Å². The molecule has 1 atom stereocenters. The van der Waals surface area contributed by atoms with Gasteiger partial charge in [0.15, 0.2) is 5.84 Å². The van der Waals surface area contributed by atoms with Gasteiger partial charge in [-0.3, -0.25) is 0 Å². The SMILES string of the molecule is c1ccc(C2=NC(c3cccc4oc5cc6c(cc5c34)sc3cc(-n4c5ccccc5c5ccccc54)ccc36)NC(c3ccccc3)=N2)cc1. The summed E-state index contributed by atoms with van der Waals surface area (Å²) in [7, 11) is 0. The molecule has 240 valence electrons. The van der Waals surface area contributed by atoms with E-state index in [4.69, 9.17) is 14.4 Å². The van der Waals surface area contributed by atoms with Crippen molar-refractivity contribution in [2.24, 2.45) is 9.98 Å². The Kier molecular flexibility index (Phi) is 6.12. The summed E-state index contributed by atoms with van der Waals surface area (Å²) in [5.74, 6) is 1.50. The molecular weight excluding hydrogens is 645 g/mol. The topological polar surface area (TPSA) is 54.8 Å². The predicted octanol–water partition coefficient (Wildman–Crippen LogP) is 11.5. The molecule has 5 nitrogen and oxygen atoms in total. The minimum Gasteiger partial charge on any atom is -0.456 e. The summed E-state index contributed by atoms with van der Waals surface area (Å²) in [5, 5.41) is 10.8. The Labute approximate surface area is 296 Å². The standard InChI is InChI=1S/C45H28N4OS/c1-3-12-27(13-4-1)43-46-44(28-14-5-2-6-15-28)48-45(47-43)33-18-11-21-38-42(33)35-26-41-34(25-39(35)50-38)32-23-22-29(24-40(32)51-41)49-36-19-9-7-16-30(36)31-17-8-10-20-37(31)49/h1-26,45H,(H,46,47,48). The lowest BCUT2D eigenvalue weighted by molar-refractivity contribution is 0.662. The number of para-hydroxylation sites is 2. The summed E-state index contributed by atoms with van der Waals surface area (Å²) in [6, 6.07) is 55.4. The van der Waals surface area contributed by atoms with Crippen LogP contribution in [-0.2, 0) is 0 Å². The van der Waals surface area contributed by atoms with Crippen LogP contribution in [0, 0.1) is 0 Å². The molecule has 0 bridgehead atoms. The highest BCUT2D eigenvalue weighted by atomic mass is 32.1. The maximum atomic E-state index is 6.61. The minimum atomic E-state index is -0.357. The molecule has 0 radical (unpaired) electrons. The Morgan fingerprint density at radius 1 is 0.549 bits per heavy atom. The molecular formula is C45H28N4OS. The lowest BCUT2D eigenvalue weighted by atomic mass is 10.0.